The van der Waals surface area contributed by atoms with Gasteiger partial charge in [-0.1, -0.05) is 28.7 Å². The van der Waals surface area contributed by atoms with Crippen molar-refractivity contribution in [2.24, 2.45) is 0 Å². The molecule has 10 nitrogen and oxygen atoms in total. The van der Waals surface area contributed by atoms with E-state index in [-0.39, 0.29) is 5.91 Å². The van der Waals surface area contributed by atoms with Crippen LogP contribution in [-0.2, 0) is 9.53 Å². The van der Waals surface area contributed by atoms with E-state index in [1.54, 1.807) is 41.1 Å². The van der Waals surface area contributed by atoms with E-state index in [2.05, 4.69) is 20.8 Å². The van der Waals surface area contributed by atoms with Crippen LogP contribution >= 0.6 is 11.6 Å². The van der Waals surface area contributed by atoms with Crippen LogP contribution in [0.15, 0.2) is 42.9 Å². The summed E-state index contributed by atoms with van der Waals surface area (Å²) in [6.45, 7) is 1.36. The molecule has 0 aliphatic carbocycles. The molecule has 0 spiro atoms. The number of aromatic amines is 1. The first-order valence-electron chi connectivity index (χ1n) is 9.21. The highest BCUT2D eigenvalue weighted by molar-refractivity contribution is 6.30. The molecule has 3 aromatic rings. The lowest BCUT2D eigenvalue weighted by Gasteiger charge is -2.21. The third kappa shape index (κ3) is 3.71. The molecule has 1 aliphatic heterocycles. The summed E-state index contributed by atoms with van der Waals surface area (Å²) in [6, 6.07) is 8.23. The lowest BCUT2D eigenvalue weighted by Crippen LogP contribution is -2.35. The highest BCUT2D eigenvalue weighted by Gasteiger charge is 2.49. The molecule has 4 rings (SSSR count). The Bertz CT molecular complexity index is 1060. The maximum Gasteiger partial charge on any atom is 0.240 e. The van der Waals surface area contributed by atoms with E-state index in [1.165, 1.54) is 13.3 Å². The zero-order valence-electron chi connectivity index (χ0n) is 15.9. The first-order valence-corrected chi connectivity index (χ1v) is 9.59. The van der Waals surface area contributed by atoms with Gasteiger partial charge in [0.1, 0.15) is 29.8 Å². The molecule has 1 aliphatic rings. The molecule has 2 aromatic heterocycles. The van der Waals surface area contributed by atoms with Crippen LogP contribution in [0.3, 0.4) is 0 Å². The van der Waals surface area contributed by atoms with Crippen molar-refractivity contribution in [2.45, 2.75) is 37.6 Å². The fourth-order valence-corrected chi connectivity index (χ4v) is 3.63. The van der Waals surface area contributed by atoms with Crippen molar-refractivity contribution in [3.63, 3.8) is 0 Å². The van der Waals surface area contributed by atoms with Gasteiger partial charge in [0.15, 0.2) is 0 Å². The number of benzene rings is 1. The molecular weight excluding hydrogens is 414 g/mol. The molecule has 5 atom stereocenters. The minimum atomic E-state index is -1.32. The van der Waals surface area contributed by atoms with Crippen LogP contribution < -0.4 is 15.8 Å². The largest absolute Gasteiger partial charge is 0.387 e. The normalized spacial score (nSPS) is 24.7. The van der Waals surface area contributed by atoms with Gasteiger partial charge in [-0.15, -0.1) is 0 Å². The number of carbonyl (C=O) groups excluding carboxylic acids is 1. The van der Waals surface area contributed by atoms with Gasteiger partial charge in [-0.3, -0.25) is 15.6 Å². The SMILES string of the molecule is CC(=O)NNc1nc[nH+]c2c1ccn2[C@@H]1O[C@H]([C@H](O)c2ccc(Cl)cc2)[C@@H](O)[C@H]1O. The number of anilines is 1. The molecule has 1 fully saturated rings. The van der Waals surface area contributed by atoms with Gasteiger partial charge < -0.3 is 20.1 Å². The summed E-state index contributed by atoms with van der Waals surface area (Å²) >= 11 is 5.88. The summed E-state index contributed by atoms with van der Waals surface area (Å²) in [5.41, 5.74) is 6.22. The molecule has 6 N–H and O–H groups in total. The maximum atomic E-state index is 11.2. The summed E-state index contributed by atoms with van der Waals surface area (Å²) in [6.07, 6.45) is -2.72. The van der Waals surface area contributed by atoms with Crippen LogP contribution in [0.25, 0.3) is 11.0 Å². The standard InChI is InChI=1S/C19H20ClN5O5/c1-9(26)23-24-17-12-6-7-25(18(12)22-8-21-17)19-15(29)14(28)16(30-19)13(27)10-2-4-11(20)5-3-10/h2-8,13-16,19,27-29H,1H3,(H,23,26)(H,21,22,24)/p+1/t13-,14+,15-,16-,19-/m1/s1. The number of H-pyrrole nitrogens is 1. The van der Waals surface area contributed by atoms with Gasteiger partial charge >= 0.3 is 0 Å². The number of carbonyl (C=O) groups is 1. The van der Waals surface area contributed by atoms with Gasteiger partial charge in [0, 0.05) is 11.9 Å². The van der Waals surface area contributed by atoms with Crippen LogP contribution in [0.1, 0.15) is 24.8 Å². The van der Waals surface area contributed by atoms with Crippen molar-refractivity contribution in [1.82, 2.24) is 15.0 Å². The summed E-state index contributed by atoms with van der Waals surface area (Å²) in [4.78, 5) is 18.3. The minimum Gasteiger partial charge on any atom is -0.387 e. The number of hydrogen-bond acceptors (Lipinski definition) is 7. The van der Waals surface area contributed by atoms with Crippen molar-refractivity contribution < 1.29 is 29.8 Å². The molecule has 1 aromatic carbocycles. The number of rotatable bonds is 5. The van der Waals surface area contributed by atoms with Gasteiger partial charge in [-0.2, -0.15) is 0 Å². The molecule has 158 valence electrons. The van der Waals surface area contributed by atoms with E-state index in [9.17, 15) is 20.1 Å². The second-order valence-corrected chi connectivity index (χ2v) is 7.45. The summed E-state index contributed by atoms with van der Waals surface area (Å²) in [7, 11) is 0. The second-order valence-electron chi connectivity index (χ2n) is 7.01. The highest BCUT2D eigenvalue weighted by Crippen LogP contribution is 2.37. The van der Waals surface area contributed by atoms with E-state index in [1.807, 2.05) is 0 Å². The lowest BCUT2D eigenvalue weighted by atomic mass is 9.99. The number of nitrogens with zero attached hydrogens (tertiary/aromatic N) is 2. The number of fused-ring (bicyclic) bond motifs is 1. The number of nitrogens with one attached hydrogen (secondary N) is 3. The topological polar surface area (TPSA) is 143 Å². The quantitative estimate of drug-likeness (QED) is 0.364. The van der Waals surface area contributed by atoms with E-state index >= 15 is 0 Å². The molecule has 0 bridgehead atoms. The first-order chi connectivity index (χ1) is 14.4. The van der Waals surface area contributed by atoms with E-state index in [4.69, 9.17) is 16.3 Å². The van der Waals surface area contributed by atoms with Crippen molar-refractivity contribution >= 4 is 34.4 Å². The number of aliphatic hydroxyl groups is 3. The van der Waals surface area contributed by atoms with Crippen LogP contribution in [0.2, 0.25) is 5.02 Å². The fourth-order valence-electron chi connectivity index (χ4n) is 3.50. The number of halogens is 1. The number of hydrogen-bond donors (Lipinski definition) is 5. The lowest BCUT2D eigenvalue weighted by molar-refractivity contribution is -0.355. The molecule has 30 heavy (non-hydrogen) atoms. The van der Waals surface area contributed by atoms with Crippen LogP contribution in [-0.4, -0.2) is 49.1 Å². The van der Waals surface area contributed by atoms with Gasteiger partial charge in [0.25, 0.3) is 0 Å². The Balaban J connectivity index is 1.61. The third-order valence-corrected chi connectivity index (χ3v) is 5.25. The number of aliphatic hydroxyl groups excluding tert-OH is 3. The average molecular weight is 435 g/mol. The number of aromatic nitrogens is 3. The molecule has 0 radical (unpaired) electrons. The predicted octanol–water partition coefficient (Wildman–Crippen LogP) is 0.320. The van der Waals surface area contributed by atoms with Crippen molar-refractivity contribution in [3.05, 3.63) is 53.4 Å². The van der Waals surface area contributed by atoms with Crippen LogP contribution in [0.4, 0.5) is 5.82 Å². The van der Waals surface area contributed by atoms with Gasteiger partial charge in [0.05, 0.1) is 6.20 Å². The fraction of sp³-hybridized carbons (Fsp3) is 0.316. The molecule has 1 amide bonds. The Kier molecular flexibility index (Phi) is 5.58. The van der Waals surface area contributed by atoms with E-state index in [0.29, 0.717) is 27.4 Å². The first kappa shape index (κ1) is 20.5. The number of amides is 1. The van der Waals surface area contributed by atoms with Crippen molar-refractivity contribution in [2.75, 3.05) is 5.43 Å². The van der Waals surface area contributed by atoms with E-state index in [0.717, 1.165) is 0 Å². The Hall–Kier alpha value is -2.76. The Morgan fingerprint density at radius 1 is 1.27 bits per heavy atom. The molecule has 1 saturated heterocycles. The minimum absolute atomic E-state index is 0.283. The van der Waals surface area contributed by atoms with Crippen molar-refractivity contribution in [3.8, 4) is 0 Å². The molecule has 3 heterocycles. The zero-order valence-corrected chi connectivity index (χ0v) is 16.6. The van der Waals surface area contributed by atoms with Crippen molar-refractivity contribution in [1.29, 1.82) is 0 Å². The molecule has 0 saturated carbocycles. The molecule has 0 unspecified atom stereocenters. The van der Waals surface area contributed by atoms with Gasteiger partial charge in [-0.05, 0) is 23.8 Å². The van der Waals surface area contributed by atoms with Crippen LogP contribution in [0.5, 0.6) is 0 Å². The zero-order chi connectivity index (χ0) is 21.4. The average Bonchev–Trinajstić information content (AvgIpc) is 3.28. The van der Waals surface area contributed by atoms with Crippen LogP contribution in [0, 0.1) is 0 Å². The molecule has 11 heteroatoms. The molecular formula is C19H21ClN5O5+. The summed E-state index contributed by atoms with van der Waals surface area (Å²) < 4.78 is 7.47. The third-order valence-electron chi connectivity index (χ3n) is 4.99. The van der Waals surface area contributed by atoms with Gasteiger partial charge in [-0.25, -0.2) is 9.55 Å². The second kappa shape index (κ2) is 8.17. The predicted molar refractivity (Wildman–Crippen MR) is 106 cm³/mol. The Morgan fingerprint density at radius 2 is 2.00 bits per heavy atom. The smallest absolute Gasteiger partial charge is 0.240 e. The van der Waals surface area contributed by atoms with Gasteiger partial charge in [0.2, 0.25) is 29.9 Å². The summed E-state index contributed by atoms with van der Waals surface area (Å²) in [5, 5.41) is 33.0. The number of ether oxygens (including phenoxy) is 1. The monoisotopic (exact) mass is 434 g/mol. The summed E-state index contributed by atoms with van der Waals surface area (Å²) in [5.74, 6) is 0.109. The highest BCUT2D eigenvalue weighted by atomic mass is 35.5. The number of hydrazine groups is 1. The Morgan fingerprint density at radius 3 is 2.70 bits per heavy atom. The Labute approximate surface area is 176 Å². The maximum absolute atomic E-state index is 11.2. The van der Waals surface area contributed by atoms with E-state index < -0.39 is 30.6 Å².